The van der Waals surface area contributed by atoms with E-state index in [2.05, 4.69) is 38.2 Å². The van der Waals surface area contributed by atoms with E-state index in [1.54, 1.807) is 0 Å². The SMILES string of the molecule is CCCCCCCCC/C=C/CCCCCC(=O)OCC(COCCC(C(=O)O)[N+](C)(C)C)OC(=O)CCCCCCCCC/C=C/CCCCCCCCCCC. The fourth-order valence-corrected chi connectivity index (χ4v) is 7.26. The van der Waals surface area contributed by atoms with Crippen LogP contribution in [0, 0.1) is 0 Å². The van der Waals surface area contributed by atoms with Gasteiger partial charge in [-0.1, -0.05) is 167 Å². The summed E-state index contributed by atoms with van der Waals surface area (Å²) in [5, 5.41) is 9.63. The van der Waals surface area contributed by atoms with Crippen molar-refractivity contribution in [3.8, 4) is 0 Å². The maximum atomic E-state index is 12.8. The van der Waals surface area contributed by atoms with Gasteiger partial charge in [0.1, 0.15) is 6.61 Å². The Hall–Kier alpha value is -2.19. The van der Waals surface area contributed by atoms with Gasteiger partial charge in [0, 0.05) is 19.3 Å². The summed E-state index contributed by atoms with van der Waals surface area (Å²) in [5.41, 5.74) is 0. The Morgan fingerprint density at radius 3 is 1.26 bits per heavy atom. The summed E-state index contributed by atoms with van der Waals surface area (Å²) >= 11 is 0. The Kier molecular flexibility index (Phi) is 40.0. The minimum absolute atomic E-state index is 0.0575. The van der Waals surface area contributed by atoms with Gasteiger partial charge >= 0.3 is 17.9 Å². The van der Waals surface area contributed by atoms with E-state index in [-0.39, 0.29) is 36.2 Å². The number of esters is 2. The lowest BCUT2D eigenvalue weighted by atomic mass is 10.1. The van der Waals surface area contributed by atoms with Gasteiger partial charge in [-0.25, -0.2) is 4.79 Å². The maximum absolute atomic E-state index is 12.8. The van der Waals surface area contributed by atoms with Crippen molar-refractivity contribution in [1.82, 2.24) is 0 Å². The third-order valence-electron chi connectivity index (χ3n) is 11.1. The first-order valence-corrected chi connectivity index (χ1v) is 24.4. The molecule has 0 heterocycles. The van der Waals surface area contributed by atoms with Crippen LogP contribution in [0.3, 0.4) is 0 Å². The normalized spacial score (nSPS) is 13.1. The zero-order chi connectivity index (χ0) is 42.8. The zero-order valence-electron chi connectivity index (χ0n) is 38.8. The Morgan fingerprint density at radius 2 is 0.862 bits per heavy atom. The van der Waals surface area contributed by atoms with Crippen LogP contribution in [-0.4, -0.2) is 80.6 Å². The maximum Gasteiger partial charge on any atom is 0.362 e. The smallest absolute Gasteiger partial charge is 0.362 e. The summed E-state index contributed by atoms with van der Waals surface area (Å²) in [6.45, 7) is 4.74. The molecular formula is C50H94NO7+. The Balaban J connectivity index is 4.28. The quantitative estimate of drug-likeness (QED) is 0.0283. The molecule has 0 aliphatic rings. The second-order valence-corrected chi connectivity index (χ2v) is 17.7. The summed E-state index contributed by atoms with van der Waals surface area (Å²) in [5.74, 6) is -1.48. The molecule has 58 heavy (non-hydrogen) atoms. The van der Waals surface area contributed by atoms with Crippen LogP contribution in [0.25, 0.3) is 0 Å². The van der Waals surface area contributed by atoms with Crippen molar-refractivity contribution < 1.29 is 38.2 Å². The van der Waals surface area contributed by atoms with E-state index in [0.717, 1.165) is 51.4 Å². The standard InChI is InChI=1S/C50H93NO7/c1-6-8-10-12-14-16-18-20-22-23-24-25-26-27-29-31-33-35-37-39-41-49(53)58-46(44-56-43-42-47(50(54)55)51(3,4)5)45-57-48(52)40-38-36-34-32-30-28-21-19-17-15-13-11-9-7-2/h24-25,28,30,46-47H,6-23,26-27,29,31-45H2,1-5H3/p+1/b25-24+,30-28+. The number of unbranched alkanes of at least 4 members (excludes halogenated alkanes) is 26. The van der Waals surface area contributed by atoms with Crippen molar-refractivity contribution in [2.24, 2.45) is 0 Å². The predicted molar refractivity (Wildman–Crippen MR) is 243 cm³/mol. The van der Waals surface area contributed by atoms with E-state index in [4.69, 9.17) is 14.2 Å². The number of hydrogen-bond donors (Lipinski definition) is 1. The van der Waals surface area contributed by atoms with Crippen molar-refractivity contribution in [2.45, 2.75) is 238 Å². The molecule has 0 aromatic rings. The van der Waals surface area contributed by atoms with E-state index in [1.165, 1.54) is 141 Å². The summed E-state index contributed by atoms with van der Waals surface area (Å²) < 4.78 is 17.3. The highest BCUT2D eigenvalue weighted by Gasteiger charge is 2.31. The molecule has 0 amide bonds. The van der Waals surface area contributed by atoms with E-state index in [0.29, 0.717) is 19.3 Å². The minimum atomic E-state index is -0.875. The van der Waals surface area contributed by atoms with Gasteiger partial charge in [-0.3, -0.25) is 9.59 Å². The first-order chi connectivity index (χ1) is 28.1. The van der Waals surface area contributed by atoms with Crippen LogP contribution >= 0.6 is 0 Å². The van der Waals surface area contributed by atoms with Crippen LogP contribution in [0.4, 0.5) is 0 Å². The molecule has 8 nitrogen and oxygen atoms in total. The average Bonchev–Trinajstić information content (AvgIpc) is 3.18. The first kappa shape index (κ1) is 55.8. The molecule has 1 N–H and O–H groups in total. The van der Waals surface area contributed by atoms with Crippen LogP contribution in [0.5, 0.6) is 0 Å². The van der Waals surface area contributed by atoms with E-state index in [1.807, 2.05) is 21.1 Å². The number of allylic oxidation sites excluding steroid dienone is 4. The lowest BCUT2D eigenvalue weighted by Gasteiger charge is -2.31. The fourth-order valence-electron chi connectivity index (χ4n) is 7.26. The molecule has 8 heteroatoms. The number of carbonyl (C=O) groups is 3. The summed E-state index contributed by atoms with van der Waals surface area (Å²) in [7, 11) is 5.53. The van der Waals surface area contributed by atoms with Crippen LogP contribution in [0.2, 0.25) is 0 Å². The lowest BCUT2D eigenvalue weighted by Crippen LogP contribution is -2.50. The van der Waals surface area contributed by atoms with Crippen LogP contribution in [0.1, 0.15) is 226 Å². The first-order valence-electron chi connectivity index (χ1n) is 24.4. The number of carboxylic acid groups (broad SMARTS) is 1. The Labute approximate surface area is 358 Å². The number of hydrogen-bond acceptors (Lipinski definition) is 6. The molecule has 0 rings (SSSR count). The van der Waals surface area contributed by atoms with E-state index >= 15 is 0 Å². The second-order valence-electron chi connectivity index (χ2n) is 17.7. The van der Waals surface area contributed by atoms with Gasteiger partial charge < -0.3 is 23.8 Å². The third-order valence-corrected chi connectivity index (χ3v) is 11.1. The highest BCUT2D eigenvalue weighted by atomic mass is 16.6. The van der Waals surface area contributed by atoms with Gasteiger partial charge in [0.05, 0.1) is 34.4 Å². The second kappa shape index (κ2) is 41.5. The lowest BCUT2D eigenvalue weighted by molar-refractivity contribution is -0.887. The van der Waals surface area contributed by atoms with Crippen molar-refractivity contribution in [3.63, 3.8) is 0 Å². The molecule has 0 spiro atoms. The van der Waals surface area contributed by atoms with Gasteiger partial charge in [0.2, 0.25) is 0 Å². The number of rotatable bonds is 44. The molecule has 340 valence electrons. The molecule has 0 saturated heterocycles. The number of carboxylic acids is 1. The molecule has 0 aliphatic carbocycles. The Morgan fingerprint density at radius 1 is 0.500 bits per heavy atom. The van der Waals surface area contributed by atoms with Gasteiger partial charge in [0.25, 0.3) is 0 Å². The van der Waals surface area contributed by atoms with Gasteiger partial charge in [-0.15, -0.1) is 0 Å². The molecule has 0 aromatic carbocycles. The summed E-state index contributed by atoms with van der Waals surface area (Å²) in [6.07, 6.45) is 46.5. The highest BCUT2D eigenvalue weighted by molar-refractivity contribution is 5.72. The van der Waals surface area contributed by atoms with E-state index < -0.39 is 18.1 Å². The number of nitrogens with zero attached hydrogens (tertiary/aromatic N) is 1. The number of quaternary nitrogens is 1. The van der Waals surface area contributed by atoms with Crippen LogP contribution in [0.15, 0.2) is 24.3 Å². The van der Waals surface area contributed by atoms with Crippen molar-refractivity contribution in [2.75, 3.05) is 41.0 Å². The molecule has 0 aromatic heterocycles. The molecule has 2 unspecified atom stereocenters. The highest BCUT2D eigenvalue weighted by Crippen LogP contribution is 2.15. The fraction of sp³-hybridized carbons (Fsp3) is 0.860. The van der Waals surface area contributed by atoms with Gasteiger partial charge in [-0.2, -0.15) is 0 Å². The molecular weight excluding hydrogens is 727 g/mol. The molecule has 0 aliphatic heterocycles. The van der Waals surface area contributed by atoms with Crippen LogP contribution in [-0.2, 0) is 28.6 Å². The molecule has 0 fully saturated rings. The number of carbonyl (C=O) groups excluding carboxylic acids is 2. The van der Waals surface area contributed by atoms with Crippen molar-refractivity contribution in [1.29, 1.82) is 0 Å². The monoisotopic (exact) mass is 821 g/mol. The summed E-state index contributed by atoms with van der Waals surface area (Å²) in [6, 6.07) is -0.615. The number of likely N-dealkylation sites (N-methyl/N-ethyl adjacent to an activating group) is 1. The average molecular weight is 821 g/mol. The van der Waals surface area contributed by atoms with Crippen molar-refractivity contribution in [3.05, 3.63) is 24.3 Å². The number of aliphatic carboxylic acids is 1. The molecule has 0 radical (unpaired) electrons. The molecule has 0 bridgehead atoms. The molecule has 2 atom stereocenters. The predicted octanol–water partition coefficient (Wildman–Crippen LogP) is 13.6. The third kappa shape index (κ3) is 39.3. The van der Waals surface area contributed by atoms with Gasteiger partial charge in [-0.05, 0) is 64.2 Å². The van der Waals surface area contributed by atoms with Crippen LogP contribution < -0.4 is 0 Å². The van der Waals surface area contributed by atoms with E-state index in [9.17, 15) is 19.5 Å². The topological polar surface area (TPSA) is 99.1 Å². The Bertz CT molecular complexity index is 1000. The summed E-state index contributed by atoms with van der Waals surface area (Å²) in [4.78, 5) is 37.0. The zero-order valence-corrected chi connectivity index (χ0v) is 38.8. The molecule has 0 saturated carbocycles. The largest absolute Gasteiger partial charge is 0.477 e. The number of ether oxygens (including phenoxy) is 3. The van der Waals surface area contributed by atoms with Gasteiger partial charge in [0.15, 0.2) is 12.1 Å². The van der Waals surface area contributed by atoms with Crippen molar-refractivity contribution >= 4 is 17.9 Å². The minimum Gasteiger partial charge on any atom is -0.477 e.